The van der Waals surface area contributed by atoms with Gasteiger partial charge in [0.2, 0.25) is 11.8 Å². The largest absolute Gasteiger partial charge is 0.481 e. The minimum Gasteiger partial charge on any atom is -0.481 e. The van der Waals surface area contributed by atoms with E-state index in [-0.39, 0.29) is 24.8 Å². The highest BCUT2D eigenvalue weighted by Gasteiger charge is 2.29. The Balaban J connectivity index is 2.08. The van der Waals surface area contributed by atoms with Crippen LogP contribution in [0.5, 0.6) is 0 Å². The van der Waals surface area contributed by atoms with Gasteiger partial charge in [-0.25, -0.2) is 0 Å². The highest BCUT2D eigenvalue weighted by molar-refractivity contribution is 6.30. The minimum absolute atomic E-state index is 0.0908. The van der Waals surface area contributed by atoms with Crippen LogP contribution in [0.25, 0.3) is 0 Å². The third-order valence-electron chi connectivity index (χ3n) is 4.15. The molecule has 1 heterocycles. The van der Waals surface area contributed by atoms with Crippen molar-refractivity contribution in [3.8, 4) is 0 Å². The molecule has 2 N–H and O–H groups in total. The number of likely N-dealkylation sites (tertiary alicyclic amines) is 1. The van der Waals surface area contributed by atoms with Crippen LogP contribution in [0.1, 0.15) is 37.8 Å². The van der Waals surface area contributed by atoms with E-state index in [2.05, 4.69) is 5.32 Å². The summed E-state index contributed by atoms with van der Waals surface area (Å²) in [5.74, 6) is -1.78. The van der Waals surface area contributed by atoms with Gasteiger partial charge in [0.25, 0.3) is 0 Å². The lowest BCUT2D eigenvalue weighted by Gasteiger charge is -2.32. The zero-order chi connectivity index (χ0) is 17.7. The monoisotopic (exact) mass is 352 g/mol. The van der Waals surface area contributed by atoms with Gasteiger partial charge in [-0.1, -0.05) is 23.7 Å². The van der Waals surface area contributed by atoms with E-state index in [1.54, 1.807) is 29.2 Å². The fourth-order valence-electron chi connectivity index (χ4n) is 2.90. The predicted molar refractivity (Wildman–Crippen MR) is 89.6 cm³/mol. The quantitative estimate of drug-likeness (QED) is 0.850. The van der Waals surface area contributed by atoms with Gasteiger partial charge in [-0.3, -0.25) is 14.4 Å². The molecule has 2 rings (SSSR count). The number of carbonyl (C=O) groups is 3. The van der Waals surface area contributed by atoms with Crippen LogP contribution in [0, 0.1) is 5.92 Å². The summed E-state index contributed by atoms with van der Waals surface area (Å²) in [4.78, 5) is 36.7. The number of halogens is 1. The van der Waals surface area contributed by atoms with Crippen LogP contribution in [-0.4, -0.2) is 40.9 Å². The number of benzene rings is 1. The molecule has 0 radical (unpaired) electrons. The summed E-state index contributed by atoms with van der Waals surface area (Å²) in [6.07, 6.45) is 1.35. The summed E-state index contributed by atoms with van der Waals surface area (Å²) < 4.78 is 0. The molecule has 1 aromatic rings. The van der Waals surface area contributed by atoms with Gasteiger partial charge < -0.3 is 15.3 Å². The highest BCUT2D eigenvalue weighted by atomic mass is 35.5. The summed E-state index contributed by atoms with van der Waals surface area (Å²) >= 11 is 5.88. The molecule has 2 atom stereocenters. The zero-order valence-electron chi connectivity index (χ0n) is 13.5. The molecule has 0 unspecified atom stereocenters. The van der Waals surface area contributed by atoms with Crippen LogP contribution < -0.4 is 5.32 Å². The molecule has 0 bridgehead atoms. The molecule has 1 aliphatic rings. The lowest BCUT2D eigenvalue weighted by Crippen LogP contribution is -2.43. The first-order valence-electron chi connectivity index (χ1n) is 7.90. The Kier molecular flexibility index (Phi) is 6.20. The van der Waals surface area contributed by atoms with E-state index in [0.717, 1.165) is 5.56 Å². The number of rotatable bonds is 5. The molecule has 24 heavy (non-hydrogen) atoms. The molecule has 6 nitrogen and oxygen atoms in total. The summed E-state index contributed by atoms with van der Waals surface area (Å²) in [7, 11) is 0. The van der Waals surface area contributed by atoms with Crippen molar-refractivity contribution in [2.75, 3.05) is 13.1 Å². The van der Waals surface area contributed by atoms with E-state index in [9.17, 15) is 14.4 Å². The van der Waals surface area contributed by atoms with Crippen molar-refractivity contribution in [1.29, 1.82) is 0 Å². The van der Waals surface area contributed by atoms with E-state index >= 15 is 0 Å². The van der Waals surface area contributed by atoms with Crippen molar-refractivity contribution in [3.05, 3.63) is 34.9 Å². The molecule has 7 heteroatoms. The van der Waals surface area contributed by atoms with Gasteiger partial charge in [0.05, 0.1) is 18.4 Å². The first-order chi connectivity index (χ1) is 11.4. The van der Waals surface area contributed by atoms with Gasteiger partial charge in [0.15, 0.2) is 0 Å². The molecule has 1 fully saturated rings. The summed E-state index contributed by atoms with van der Waals surface area (Å²) in [6.45, 7) is 2.17. The molecule has 1 aliphatic heterocycles. The van der Waals surface area contributed by atoms with Crippen molar-refractivity contribution in [2.45, 2.75) is 32.2 Å². The van der Waals surface area contributed by atoms with Crippen molar-refractivity contribution in [1.82, 2.24) is 10.2 Å². The lowest BCUT2D eigenvalue weighted by molar-refractivity contribution is -0.145. The summed E-state index contributed by atoms with van der Waals surface area (Å²) in [6, 6.07) is 6.49. The minimum atomic E-state index is -0.872. The lowest BCUT2D eigenvalue weighted by atomic mass is 9.97. The Labute approximate surface area is 145 Å². The number of carboxylic acid groups (broad SMARTS) is 1. The van der Waals surface area contributed by atoms with Crippen LogP contribution in [0.4, 0.5) is 0 Å². The van der Waals surface area contributed by atoms with Crippen LogP contribution in [0.15, 0.2) is 24.3 Å². The number of hydrogen-bond donors (Lipinski definition) is 2. The highest BCUT2D eigenvalue weighted by Crippen LogP contribution is 2.23. The van der Waals surface area contributed by atoms with Crippen LogP contribution in [-0.2, 0) is 14.4 Å². The topological polar surface area (TPSA) is 86.7 Å². The van der Waals surface area contributed by atoms with Gasteiger partial charge in [-0.05, 0) is 30.5 Å². The van der Waals surface area contributed by atoms with Gasteiger partial charge in [-0.15, -0.1) is 0 Å². The fraction of sp³-hybridized carbons (Fsp3) is 0.471. The van der Waals surface area contributed by atoms with Gasteiger partial charge in [0, 0.05) is 25.0 Å². The molecule has 0 aromatic heterocycles. The maximum absolute atomic E-state index is 12.6. The smallest absolute Gasteiger partial charge is 0.308 e. The Bertz CT molecular complexity index is 618. The number of carbonyl (C=O) groups excluding carboxylic acids is 2. The number of aliphatic carboxylic acids is 1. The van der Waals surface area contributed by atoms with Crippen LogP contribution >= 0.6 is 11.6 Å². The van der Waals surface area contributed by atoms with E-state index in [1.165, 1.54) is 6.92 Å². The number of carboxylic acids is 1. The van der Waals surface area contributed by atoms with Gasteiger partial charge in [0.1, 0.15) is 0 Å². The maximum Gasteiger partial charge on any atom is 0.308 e. The third kappa shape index (κ3) is 4.96. The molecule has 0 spiro atoms. The Hall–Kier alpha value is -2.08. The van der Waals surface area contributed by atoms with Crippen molar-refractivity contribution in [3.63, 3.8) is 0 Å². The summed E-state index contributed by atoms with van der Waals surface area (Å²) in [5.41, 5.74) is 0.787. The normalized spacial score (nSPS) is 18.8. The van der Waals surface area contributed by atoms with Crippen LogP contribution in [0.3, 0.4) is 0 Å². The SMILES string of the molecule is CC(=O)N[C@H](CC(=O)N1CCC[C@@H](C(=O)O)C1)c1ccc(Cl)cc1. The van der Waals surface area contributed by atoms with Crippen molar-refractivity contribution in [2.24, 2.45) is 5.92 Å². The first-order valence-corrected chi connectivity index (χ1v) is 8.27. The zero-order valence-corrected chi connectivity index (χ0v) is 14.3. The molecule has 130 valence electrons. The molecule has 1 aromatic carbocycles. The first kappa shape index (κ1) is 18.3. The van der Waals surface area contributed by atoms with E-state index < -0.39 is 17.9 Å². The molecule has 2 amide bonds. The molecule has 0 aliphatic carbocycles. The number of hydrogen-bond acceptors (Lipinski definition) is 3. The van der Waals surface area contributed by atoms with Crippen molar-refractivity contribution < 1.29 is 19.5 Å². The van der Waals surface area contributed by atoms with Gasteiger partial charge >= 0.3 is 5.97 Å². The van der Waals surface area contributed by atoms with E-state index in [0.29, 0.717) is 24.4 Å². The maximum atomic E-state index is 12.6. The van der Waals surface area contributed by atoms with Crippen LogP contribution in [0.2, 0.25) is 5.02 Å². The third-order valence-corrected chi connectivity index (χ3v) is 4.40. The fourth-order valence-corrected chi connectivity index (χ4v) is 3.03. The number of nitrogens with zero attached hydrogens (tertiary/aromatic N) is 1. The molecule has 1 saturated heterocycles. The number of amides is 2. The number of piperidine rings is 1. The molecular formula is C17H21ClN2O4. The standard InChI is InChI=1S/C17H21ClN2O4/c1-11(21)19-15(12-4-6-14(18)7-5-12)9-16(22)20-8-2-3-13(10-20)17(23)24/h4-7,13,15H,2-3,8-10H2,1H3,(H,19,21)(H,23,24)/t13-,15-/m1/s1. The summed E-state index contributed by atoms with van der Waals surface area (Å²) in [5, 5.41) is 12.5. The Morgan fingerprint density at radius 2 is 2.00 bits per heavy atom. The average Bonchev–Trinajstić information content (AvgIpc) is 2.54. The molecule has 0 saturated carbocycles. The second-order valence-electron chi connectivity index (χ2n) is 6.03. The van der Waals surface area contributed by atoms with E-state index in [1.807, 2.05) is 0 Å². The average molecular weight is 353 g/mol. The Morgan fingerprint density at radius 1 is 1.33 bits per heavy atom. The van der Waals surface area contributed by atoms with Crippen molar-refractivity contribution >= 4 is 29.4 Å². The predicted octanol–water partition coefficient (Wildman–Crippen LogP) is 2.23. The second-order valence-corrected chi connectivity index (χ2v) is 6.46. The van der Waals surface area contributed by atoms with E-state index in [4.69, 9.17) is 16.7 Å². The molecular weight excluding hydrogens is 332 g/mol. The van der Waals surface area contributed by atoms with Gasteiger partial charge in [-0.2, -0.15) is 0 Å². The number of nitrogens with one attached hydrogen (secondary N) is 1. The second kappa shape index (κ2) is 8.15. The Morgan fingerprint density at radius 3 is 2.58 bits per heavy atom.